The summed E-state index contributed by atoms with van der Waals surface area (Å²) < 4.78 is 23.5. The minimum absolute atomic E-state index is 0.172. The van der Waals surface area contributed by atoms with E-state index in [1.165, 1.54) is 33.4 Å². The van der Waals surface area contributed by atoms with Crippen molar-refractivity contribution in [2.45, 2.75) is 32.0 Å². The van der Waals surface area contributed by atoms with Crippen LogP contribution in [0.1, 0.15) is 18.4 Å². The quantitative estimate of drug-likeness (QED) is 0.498. The minimum atomic E-state index is -0.510. The Morgan fingerprint density at radius 3 is 2.55 bits per heavy atom. The van der Waals surface area contributed by atoms with E-state index in [0.29, 0.717) is 24.4 Å². The van der Waals surface area contributed by atoms with Crippen LogP contribution in [0.2, 0.25) is 0 Å². The summed E-state index contributed by atoms with van der Waals surface area (Å²) in [5.74, 6) is -0.407. The lowest BCUT2D eigenvalue weighted by atomic mass is 10.2. The molecule has 8 heteroatoms. The molecule has 2 aromatic carbocycles. The van der Waals surface area contributed by atoms with Crippen molar-refractivity contribution in [2.24, 2.45) is 0 Å². The van der Waals surface area contributed by atoms with Crippen LogP contribution >= 0.6 is 0 Å². The minimum Gasteiger partial charge on any atom is -0.376 e. The molecule has 1 fully saturated rings. The van der Waals surface area contributed by atoms with Crippen LogP contribution < -0.4 is 11.2 Å². The Hall–Kier alpha value is -3.52. The molecule has 1 atom stereocenters. The van der Waals surface area contributed by atoms with Gasteiger partial charge in [-0.15, -0.1) is 0 Å². The van der Waals surface area contributed by atoms with Crippen LogP contribution in [0.15, 0.2) is 70.5 Å². The molecule has 0 radical (unpaired) electrons. The standard InChI is InChI=1S/C23H21FN4O3/c24-17-8-10-18(11-9-17)28-21-20(26(15-25-21)13-16-5-2-1-3-6-16)22(29)27(23(28)30)14-19-7-4-12-31-19/h1-3,5-6,8-11,15,19H,4,7,12-14H2/t19-/m1/s1. The number of nitrogens with zero attached hydrogens (tertiary/aromatic N) is 4. The zero-order valence-electron chi connectivity index (χ0n) is 16.8. The highest BCUT2D eigenvalue weighted by Crippen LogP contribution is 2.17. The fourth-order valence-corrected chi connectivity index (χ4v) is 4.06. The van der Waals surface area contributed by atoms with Crippen LogP contribution in [0.25, 0.3) is 16.9 Å². The first kappa shape index (κ1) is 19.4. The number of benzene rings is 2. The van der Waals surface area contributed by atoms with Crippen LogP contribution in [-0.2, 0) is 17.8 Å². The zero-order chi connectivity index (χ0) is 21.4. The highest BCUT2D eigenvalue weighted by molar-refractivity contribution is 5.72. The second kappa shape index (κ2) is 7.96. The van der Waals surface area contributed by atoms with Crippen molar-refractivity contribution in [3.05, 3.63) is 93.1 Å². The highest BCUT2D eigenvalue weighted by atomic mass is 19.1. The molecule has 0 N–H and O–H groups in total. The molecule has 3 heterocycles. The van der Waals surface area contributed by atoms with Gasteiger partial charge in [0.1, 0.15) is 5.82 Å². The fourth-order valence-electron chi connectivity index (χ4n) is 4.06. The Balaban J connectivity index is 1.73. The number of hydrogen-bond acceptors (Lipinski definition) is 4. The van der Waals surface area contributed by atoms with Gasteiger partial charge in [-0.1, -0.05) is 30.3 Å². The maximum Gasteiger partial charge on any atom is 0.337 e. The number of ether oxygens (including phenoxy) is 1. The van der Waals surface area contributed by atoms with E-state index in [-0.39, 0.29) is 18.3 Å². The van der Waals surface area contributed by atoms with Crippen molar-refractivity contribution >= 4 is 11.2 Å². The van der Waals surface area contributed by atoms with Gasteiger partial charge < -0.3 is 9.30 Å². The van der Waals surface area contributed by atoms with Gasteiger partial charge in [0, 0.05) is 13.2 Å². The van der Waals surface area contributed by atoms with E-state index in [4.69, 9.17) is 4.74 Å². The summed E-state index contributed by atoms with van der Waals surface area (Å²) >= 11 is 0. The molecular weight excluding hydrogens is 399 g/mol. The van der Waals surface area contributed by atoms with Crippen molar-refractivity contribution in [3.63, 3.8) is 0 Å². The van der Waals surface area contributed by atoms with Gasteiger partial charge in [0.15, 0.2) is 11.2 Å². The van der Waals surface area contributed by atoms with Crippen molar-refractivity contribution in [2.75, 3.05) is 6.61 Å². The summed E-state index contributed by atoms with van der Waals surface area (Å²) in [7, 11) is 0. The smallest absolute Gasteiger partial charge is 0.337 e. The largest absolute Gasteiger partial charge is 0.376 e. The van der Waals surface area contributed by atoms with E-state index in [0.717, 1.165) is 18.4 Å². The molecule has 0 aliphatic carbocycles. The van der Waals surface area contributed by atoms with Gasteiger partial charge in [0.25, 0.3) is 5.56 Å². The van der Waals surface area contributed by atoms with Gasteiger partial charge in [-0.3, -0.25) is 9.36 Å². The van der Waals surface area contributed by atoms with E-state index in [2.05, 4.69) is 4.98 Å². The molecule has 1 aliphatic heterocycles. The van der Waals surface area contributed by atoms with Crippen molar-refractivity contribution in [3.8, 4) is 5.69 Å². The predicted molar refractivity (Wildman–Crippen MR) is 114 cm³/mol. The third-order valence-corrected chi connectivity index (χ3v) is 5.59. The third kappa shape index (κ3) is 3.59. The van der Waals surface area contributed by atoms with Crippen LogP contribution in [0.4, 0.5) is 4.39 Å². The summed E-state index contributed by atoms with van der Waals surface area (Å²) in [5.41, 5.74) is 1.12. The van der Waals surface area contributed by atoms with Crippen molar-refractivity contribution < 1.29 is 9.13 Å². The normalized spacial score (nSPS) is 16.2. The maximum absolute atomic E-state index is 13.5. The second-order valence-electron chi connectivity index (χ2n) is 7.68. The molecular formula is C23H21FN4O3. The molecule has 1 saturated heterocycles. The van der Waals surface area contributed by atoms with E-state index in [9.17, 15) is 14.0 Å². The first-order valence-electron chi connectivity index (χ1n) is 10.2. The molecule has 0 spiro atoms. The Labute approximate surface area is 177 Å². The van der Waals surface area contributed by atoms with E-state index in [1.54, 1.807) is 10.9 Å². The van der Waals surface area contributed by atoms with E-state index in [1.807, 2.05) is 30.3 Å². The van der Waals surface area contributed by atoms with Crippen molar-refractivity contribution in [1.29, 1.82) is 0 Å². The summed E-state index contributed by atoms with van der Waals surface area (Å²) in [6, 6.07) is 15.3. The molecule has 7 nitrogen and oxygen atoms in total. The Bertz CT molecular complexity index is 1330. The number of fused-ring (bicyclic) bond motifs is 1. The molecule has 1 aliphatic rings. The molecule has 0 amide bonds. The van der Waals surface area contributed by atoms with Gasteiger partial charge in [-0.2, -0.15) is 0 Å². The fraction of sp³-hybridized carbons (Fsp3) is 0.261. The zero-order valence-corrected chi connectivity index (χ0v) is 16.8. The van der Waals surface area contributed by atoms with Gasteiger partial charge in [-0.25, -0.2) is 18.7 Å². The first-order chi connectivity index (χ1) is 15.1. The first-order valence-corrected chi connectivity index (χ1v) is 10.2. The topological polar surface area (TPSA) is 71.0 Å². The Morgan fingerprint density at radius 2 is 1.84 bits per heavy atom. The summed E-state index contributed by atoms with van der Waals surface area (Å²) in [4.78, 5) is 31.2. The third-order valence-electron chi connectivity index (χ3n) is 5.59. The molecule has 2 aromatic heterocycles. The highest BCUT2D eigenvalue weighted by Gasteiger charge is 2.23. The van der Waals surface area contributed by atoms with Gasteiger partial charge in [0.05, 0.1) is 24.7 Å². The second-order valence-corrected chi connectivity index (χ2v) is 7.68. The Morgan fingerprint density at radius 1 is 1.06 bits per heavy atom. The monoisotopic (exact) mass is 420 g/mol. The number of hydrogen-bond donors (Lipinski definition) is 0. The lowest BCUT2D eigenvalue weighted by Crippen LogP contribution is -2.42. The molecule has 5 rings (SSSR count). The van der Waals surface area contributed by atoms with Crippen LogP contribution in [0, 0.1) is 5.82 Å². The lowest BCUT2D eigenvalue weighted by molar-refractivity contribution is 0.0950. The average Bonchev–Trinajstić information content (AvgIpc) is 3.44. The molecule has 4 aromatic rings. The summed E-state index contributed by atoms with van der Waals surface area (Å²) in [6.45, 7) is 1.24. The molecule has 158 valence electrons. The molecule has 0 bridgehead atoms. The number of halogens is 1. The SMILES string of the molecule is O=c1c2c(ncn2Cc2ccccc2)n(-c2ccc(F)cc2)c(=O)n1C[C@H]1CCCO1. The lowest BCUT2D eigenvalue weighted by Gasteiger charge is -2.15. The van der Waals surface area contributed by atoms with Gasteiger partial charge in [-0.05, 0) is 42.7 Å². The van der Waals surface area contributed by atoms with Crippen LogP contribution in [0.3, 0.4) is 0 Å². The molecule has 31 heavy (non-hydrogen) atoms. The summed E-state index contributed by atoms with van der Waals surface area (Å²) in [5, 5.41) is 0. The van der Waals surface area contributed by atoms with E-state index < -0.39 is 17.1 Å². The molecule has 0 unspecified atom stereocenters. The van der Waals surface area contributed by atoms with Gasteiger partial charge >= 0.3 is 5.69 Å². The number of aromatic nitrogens is 4. The van der Waals surface area contributed by atoms with Crippen LogP contribution in [0.5, 0.6) is 0 Å². The van der Waals surface area contributed by atoms with Crippen molar-refractivity contribution in [1.82, 2.24) is 18.7 Å². The number of imidazole rings is 1. The maximum atomic E-state index is 13.5. The summed E-state index contributed by atoms with van der Waals surface area (Å²) in [6.07, 6.45) is 3.08. The molecule has 0 saturated carbocycles. The van der Waals surface area contributed by atoms with Crippen LogP contribution in [-0.4, -0.2) is 31.4 Å². The van der Waals surface area contributed by atoms with Gasteiger partial charge in [0.2, 0.25) is 0 Å². The van der Waals surface area contributed by atoms with E-state index >= 15 is 0 Å². The number of rotatable bonds is 5. The predicted octanol–water partition coefficient (Wildman–Crippen LogP) is 2.72. The average molecular weight is 420 g/mol. The Kier molecular flexibility index (Phi) is 4.99.